The van der Waals surface area contributed by atoms with Crippen LogP contribution in [-0.4, -0.2) is 43.2 Å². The Bertz CT molecular complexity index is 325. The third-order valence-corrected chi connectivity index (χ3v) is 1.91. The standard InChI is InChI=1S/C11H15NO3.ClH/c1-12(2)7-8-15-10-5-3-9(4-6-10)11(13)14;/h3-6H,7-8H2,1-2H3,(H,13,14);1H. The normalized spacial score (nSPS) is 9.69. The Kier molecular flexibility index (Phi) is 6.53. The summed E-state index contributed by atoms with van der Waals surface area (Å²) in [6.45, 7) is 1.43. The number of benzene rings is 1. The van der Waals surface area contributed by atoms with E-state index in [1.54, 1.807) is 12.1 Å². The minimum Gasteiger partial charge on any atom is -0.492 e. The van der Waals surface area contributed by atoms with Gasteiger partial charge in [-0.3, -0.25) is 0 Å². The number of rotatable bonds is 5. The maximum absolute atomic E-state index is 10.6. The van der Waals surface area contributed by atoms with Crippen molar-refractivity contribution in [3.8, 4) is 5.75 Å². The van der Waals surface area contributed by atoms with Crippen LogP contribution in [0.5, 0.6) is 5.75 Å². The van der Waals surface area contributed by atoms with Gasteiger partial charge < -0.3 is 14.7 Å². The molecule has 0 spiro atoms. The largest absolute Gasteiger partial charge is 0.492 e. The number of aromatic carboxylic acids is 1. The highest BCUT2D eigenvalue weighted by Gasteiger charge is 2.01. The average Bonchev–Trinajstić information content (AvgIpc) is 2.18. The van der Waals surface area contributed by atoms with Crippen LogP contribution in [-0.2, 0) is 0 Å². The molecule has 0 amide bonds. The van der Waals surface area contributed by atoms with E-state index < -0.39 is 5.97 Å². The Balaban J connectivity index is 0.00000225. The molecule has 1 aromatic carbocycles. The fraction of sp³-hybridized carbons (Fsp3) is 0.364. The summed E-state index contributed by atoms with van der Waals surface area (Å²) in [7, 11) is 3.94. The number of hydrogen-bond acceptors (Lipinski definition) is 3. The van der Waals surface area contributed by atoms with Crippen LogP contribution in [0.2, 0.25) is 0 Å². The molecule has 5 heteroatoms. The lowest BCUT2D eigenvalue weighted by atomic mass is 10.2. The van der Waals surface area contributed by atoms with E-state index >= 15 is 0 Å². The highest BCUT2D eigenvalue weighted by Crippen LogP contribution is 2.11. The van der Waals surface area contributed by atoms with Gasteiger partial charge in [0.1, 0.15) is 12.4 Å². The molecule has 16 heavy (non-hydrogen) atoms. The Morgan fingerprint density at radius 2 is 1.88 bits per heavy atom. The molecule has 0 atom stereocenters. The predicted molar refractivity (Wildman–Crippen MR) is 64.7 cm³/mol. The summed E-state index contributed by atoms with van der Waals surface area (Å²) in [5.41, 5.74) is 0.273. The lowest BCUT2D eigenvalue weighted by molar-refractivity contribution is 0.0697. The number of carbonyl (C=O) groups is 1. The Labute approximate surface area is 101 Å². The number of nitrogens with zero attached hydrogens (tertiary/aromatic N) is 1. The van der Waals surface area contributed by atoms with Crippen LogP contribution in [0.1, 0.15) is 10.4 Å². The lowest BCUT2D eigenvalue weighted by Gasteiger charge is -2.10. The highest BCUT2D eigenvalue weighted by molar-refractivity contribution is 5.87. The van der Waals surface area contributed by atoms with Crippen LogP contribution >= 0.6 is 12.4 Å². The monoisotopic (exact) mass is 245 g/mol. The predicted octanol–water partition coefficient (Wildman–Crippen LogP) is 1.75. The molecule has 0 aliphatic heterocycles. The quantitative estimate of drug-likeness (QED) is 0.859. The Hall–Kier alpha value is -1.26. The number of ether oxygens (including phenoxy) is 1. The first-order valence-electron chi connectivity index (χ1n) is 4.70. The molecule has 0 radical (unpaired) electrons. The van der Waals surface area contributed by atoms with E-state index in [0.29, 0.717) is 12.4 Å². The first-order valence-corrected chi connectivity index (χ1v) is 4.70. The molecular formula is C11H16ClNO3. The molecule has 0 fully saturated rings. The Morgan fingerprint density at radius 1 is 1.31 bits per heavy atom. The van der Waals surface area contributed by atoms with Crippen molar-refractivity contribution < 1.29 is 14.6 Å². The van der Waals surface area contributed by atoms with Crippen LogP contribution in [0.3, 0.4) is 0 Å². The van der Waals surface area contributed by atoms with Crippen molar-refractivity contribution in [3.05, 3.63) is 29.8 Å². The molecule has 0 saturated carbocycles. The lowest BCUT2D eigenvalue weighted by Crippen LogP contribution is -2.19. The number of carboxylic acid groups (broad SMARTS) is 1. The van der Waals surface area contributed by atoms with E-state index in [0.717, 1.165) is 6.54 Å². The minimum atomic E-state index is -0.921. The van der Waals surface area contributed by atoms with Crippen LogP contribution in [0.25, 0.3) is 0 Å². The number of hydrogen-bond donors (Lipinski definition) is 1. The molecule has 0 aliphatic rings. The van der Waals surface area contributed by atoms with Crippen molar-refractivity contribution in [2.45, 2.75) is 0 Å². The van der Waals surface area contributed by atoms with Crippen molar-refractivity contribution in [2.75, 3.05) is 27.2 Å². The fourth-order valence-electron chi connectivity index (χ4n) is 1.04. The van der Waals surface area contributed by atoms with E-state index in [9.17, 15) is 4.79 Å². The molecule has 0 heterocycles. The van der Waals surface area contributed by atoms with Crippen LogP contribution in [0.15, 0.2) is 24.3 Å². The summed E-state index contributed by atoms with van der Waals surface area (Å²) in [5.74, 6) is -0.225. The van der Waals surface area contributed by atoms with Gasteiger partial charge >= 0.3 is 5.97 Å². The summed E-state index contributed by atoms with van der Waals surface area (Å²) in [5, 5.41) is 8.68. The molecule has 0 aliphatic carbocycles. The second kappa shape index (κ2) is 7.09. The van der Waals surface area contributed by atoms with Gasteiger partial charge in [-0.05, 0) is 38.4 Å². The molecule has 1 aromatic rings. The maximum Gasteiger partial charge on any atom is 0.335 e. The van der Waals surface area contributed by atoms with Gasteiger partial charge in [0.15, 0.2) is 0 Å². The molecule has 0 bridgehead atoms. The zero-order valence-electron chi connectivity index (χ0n) is 9.34. The van der Waals surface area contributed by atoms with Crippen LogP contribution in [0.4, 0.5) is 0 Å². The third kappa shape index (κ3) is 5.00. The van der Waals surface area contributed by atoms with Crippen molar-refractivity contribution in [2.24, 2.45) is 0 Å². The minimum absolute atomic E-state index is 0. The summed E-state index contributed by atoms with van der Waals surface area (Å²) in [4.78, 5) is 12.6. The summed E-state index contributed by atoms with van der Waals surface area (Å²) in [6, 6.07) is 6.40. The van der Waals surface area contributed by atoms with Gasteiger partial charge in [0.05, 0.1) is 5.56 Å². The molecule has 4 nitrogen and oxygen atoms in total. The highest BCUT2D eigenvalue weighted by atomic mass is 35.5. The molecule has 90 valence electrons. The van der Waals surface area contributed by atoms with Gasteiger partial charge in [-0.25, -0.2) is 4.79 Å². The van der Waals surface area contributed by atoms with Gasteiger partial charge in [-0.15, -0.1) is 12.4 Å². The van der Waals surface area contributed by atoms with E-state index in [1.807, 2.05) is 19.0 Å². The SMILES string of the molecule is CN(C)CCOc1ccc(C(=O)O)cc1.Cl. The van der Waals surface area contributed by atoms with Crippen molar-refractivity contribution in [3.63, 3.8) is 0 Å². The summed E-state index contributed by atoms with van der Waals surface area (Å²) >= 11 is 0. The van der Waals surface area contributed by atoms with Gasteiger partial charge in [0, 0.05) is 6.54 Å². The smallest absolute Gasteiger partial charge is 0.335 e. The van der Waals surface area contributed by atoms with Crippen LogP contribution in [0, 0.1) is 0 Å². The van der Waals surface area contributed by atoms with Gasteiger partial charge in [0.25, 0.3) is 0 Å². The first-order chi connectivity index (χ1) is 7.09. The molecule has 1 N–H and O–H groups in total. The van der Waals surface area contributed by atoms with E-state index in [-0.39, 0.29) is 18.0 Å². The average molecular weight is 246 g/mol. The molecule has 1 rings (SSSR count). The van der Waals surface area contributed by atoms with Crippen molar-refractivity contribution in [1.29, 1.82) is 0 Å². The number of carboxylic acids is 1. The summed E-state index contributed by atoms with van der Waals surface area (Å²) < 4.78 is 5.42. The molecule has 0 aromatic heterocycles. The zero-order valence-corrected chi connectivity index (χ0v) is 10.2. The van der Waals surface area contributed by atoms with Crippen LogP contribution < -0.4 is 4.74 Å². The fourth-order valence-corrected chi connectivity index (χ4v) is 1.04. The third-order valence-electron chi connectivity index (χ3n) is 1.91. The van der Waals surface area contributed by atoms with Gasteiger partial charge in [0.2, 0.25) is 0 Å². The number of likely N-dealkylation sites (N-methyl/N-ethyl adjacent to an activating group) is 1. The van der Waals surface area contributed by atoms with E-state index in [4.69, 9.17) is 9.84 Å². The van der Waals surface area contributed by atoms with Gasteiger partial charge in [-0.1, -0.05) is 0 Å². The first kappa shape index (κ1) is 14.7. The molecule has 0 saturated heterocycles. The second-order valence-electron chi connectivity index (χ2n) is 3.48. The summed E-state index contributed by atoms with van der Waals surface area (Å²) in [6.07, 6.45) is 0. The topological polar surface area (TPSA) is 49.8 Å². The van der Waals surface area contributed by atoms with E-state index in [2.05, 4.69) is 0 Å². The molecule has 0 unspecified atom stereocenters. The zero-order chi connectivity index (χ0) is 11.3. The number of halogens is 1. The van der Waals surface area contributed by atoms with Crippen molar-refractivity contribution in [1.82, 2.24) is 4.90 Å². The maximum atomic E-state index is 10.6. The Morgan fingerprint density at radius 3 is 2.31 bits per heavy atom. The van der Waals surface area contributed by atoms with E-state index in [1.165, 1.54) is 12.1 Å². The second-order valence-corrected chi connectivity index (χ2v) is 3.48. The van der Waals surface area contributed by atoms with Crippen molar-refractivity contribution >= 4 is 18.4 Å². The molecular weight excluding hydrogens is 230 g/mol. The van der Waals surface area contributed by atoms with Gasteiger partial charge in [-0.2, -0.15) is 0 Å².